The number of hydrogen-bond donors (Lipinski definition) is 0. The van der Waals surface area contributed by atoms with E-state index in [4.69, 9.17) is 4.74 Å². The molecule has 0 atom stereocenters. The molecule has 3 rings (SSSR count). The summed E-state index contributed by atoms with van der Waals surface area (Å²) < 4.78 is 7.35. The third-order valence-corrected chi connectivity index (χ3v) is 3.62. The fraction of sp³-hybridized carbons (Fsp3) is 0.412. The molecule has 0 saturated carbocycles. The van der Waals surface area contributed by atoms with E-state index in [-0.39, 0.29) is 6.09 Å². The van der Waals surface area contributed by atoms with Gasteiger partial charge in [-0.3, -0.25) is 9.58 Å². The average molecular weight is 299 g/mol. The van der Waals surface area contributed by atoms with Gasteiger partial charge in [-0.05, 0) is 20.8 Å². The van der Waals surface area contributed by atoms with Crippen LogP contribution in [0.25, 0.3) is 11.3 Å². The van der Waals surface area contributed by atoms with Gasteiger partial charge in [0.1, 0.15) is 5.60 Å². The minimum absolute atomic E-state index is 0.285. The normalized spacial score (nSPS) is 14.1. The number of carbonyl (C=O) groups excluding carboxylic acids is 1. The number of carbonyl (C=O) groups is 1. The summed E-state index contributed by atoms with van der Waals surface area (Å²) in [5.41, 5.74) is 3.77. The number of ether oxygens (including phenoxy) is 1. The molecule has 0 radical (unpaired) electrons. The summed E-state index contributed by atoms with van der Waals surface area (Å²) in [6.45, 7) is 6.68. The molecule has 1 aliphatic heterocycles. The first-order valence-electron chi connectivity index (χ1n) is 7.43. The number of aromatic nitrogens is 2. The molecule has 5 nitrogen and oxygen atoms in total. The van der Waals surface area contributed by atoms with E-state index in [2.05, 4.69) is 17.2 Å². The first kappa shape index (κ1) is 14.6. The molecule has 0 saturated heterocycles. The molecule has 116 valence electrons. The van der Waals surface area contributed by atoms with E-state index in [1.165, 1.54) is 0 Å². The summed E-state index contributed by atoms with van der Waals surface area (Å²) in [6, 6.07) is 10.1. The lowest BCUT2D eigenvalue weighted by molar-refractivity contribution is 0.0239. The maximum Gasteiger partial charge on any atom is 0.410 e. The number of fused-ring (bicyclic) bond motifs is 1. The summed E-state index contributed by atoms with van der Waals surface area (Å²) in [7, 11) is 1.94. The van der Waals surface area contributed by atoms with E-state index in [0.717, 1.165) is 22.5 Å². The maximum absolute atomic E-state index is 12.2. The summed E-state index contributed by atoms with van der Waals surface area (Å²) in [5, 5.41) is 4.56. The van der Waals surface area contributed by atoms with Gasteiger partial charge >= 0.3 is 6.09 Å². The monoisotopic (exact) mass is 299 g/mol. The average Bonchev–Trinajstić information content (AvgIpc) is 2.94. The van der Waals surface area contributed by atoms with Crippen molar-refractivity contribution in [2.24, 2.45) is 7.05 Å². The Morgan fingerprint density at radius 2 is 1.86 bits per heavy atom. The number of amides is 1. The molecule has 0 bridgehead atoms. The van der Waals surface area contributed by atoms with E-state index in [0.29, 0.717) is 13.1 Å². The Bertz CT molecular complexity index is 699. The molecule has 5 heteroatoms. The second-order valence-electron chi connectivity index (χ2n) is 6.60. The number of rotatable bonds is 1. The van der Waals surface area contributed by atoms with Crippen molar-refractivity contribution in [3.8, 4) is 11.3 Å². The third-order valence-electron chi connectivity index (χ3n) is 3.62. The van der Waals surface area contributed by atoms with Crippen molar-refractivity contribution in [1.82, 2.24) is 14.7 Å². The molecular weight excluding hydrogens is 278 g/mol. The van der Waals surface area contributed by atoms with Gasteiger partial charge in [0, 0.05) is 18.2 Å². The van der Waals surface area contributed by atoms with Crippen molar-refractivity contribution in [3.63, 3.8) is 0 Å². The Balaban J connectivity index is 1.86. The number of nitrogens with zero attached hydrogens (tertiary/aromatic N) is 3. The van der Waals surface area contributed by atoms with Gasteiger partial charge in [-0.1, -0.05) is 30.3 Å². The van der Waals surface area contributed by atoms with Crippen molar-refractivity contribution in [2.75, 3.05) is 0 Å². The second kappa shape index (κ2) is 5.16. The van der Waals surface area contributed by atoms with E-state index in [1.807, 2.05) is 50.7 Å². The van der Waals surface area contributed by atoms with Crippen molar-refractivity contribution in [1.29, 1.82) is 0 Å². The minimum atomic E-state index is -0.482. The van der Waals surface area contributed by atoms with Crippen molar-refractivity contribution < 1.29 is 9.53 Å². The van der Waals surface area contributed by atoms with Gasteiger partial charge in [-0.15, -0.1) is 0 Å². The smallest absolute Gasteiger partial charge is 0.410 e. The zero-order chi connectivity index (χ0) is 15.9. The second-order valence-corrected chi connectivity index (χ2v) is 6.60. The van der Waals surface area contributed by atoms with Crippen LogP contribution in [0.15, 0.2) is 30.3 Å². The van der Waals surface area contributed by atoms with Gasteiger partial charge in [0.05, 0.1) is 24.5 Å². The lowest BCUT2D eigenvalue weighted by Crippen LogP contribution is -2.33. The molecular formula is C17H21N3O2. The Kier molecular flexibility index (Phi) is 3.43. The fourth-order valence-electron chi connectivity index (χ4n) is 2.76. The van der Waals surface area contributed by atoms with E-state index >= 15 is 0 Å². The van der Waals surface area contributed by atoms with E-state index in [1.54, 1.807) is 4.90 Å². The van der Waals surface area contributed by atoms with Gasteiger partial charge in [0.2, 0.25) is 0 Å². The summed E-state index contributed by atoms with van der Waals surface area (Å²) in [6.07, 6.45) is -0.285. The molecule has 2 heterocycles. The molecule has 0 aliphatic carbocycles. The topological polar surface area (TPSA) is 47.4 Å². The van der Waals surface area contributed by atoms with E-state index in [9.17, 15) is 4.79 Å². The molecule has 0 spiro atoms. The molecule has 0 unspecified atom stereocenters. The van der Waals surface area contributed by atoms with Crippen molar-refractivity contribution in [3.05, 3.63) is 41.6 Å². The maximum atomic E-state index is 12.2. The van der Waals surface area contributed by atoms with Crippen LogP contribution in [0.5, 0.6) is 0 Å². The van der Waals surface area contributed by atoms with Crippen LogP contribution in [0.3, 0.4) is 0 Å². The van der Waals surface area contributed by atoms with Gasteiger partial charge in [0.15, 0.2) is 0 Å². The highest BCUT2D eigenvalue weighted by molar-refractivity contribution is 5.72. The first-order chi connectivity index (χ1) is 10.3. The predicted molar refractivity (Wildman–Crippen MR) is 84.1 cm³/mol. The largest absolute Gasteiger partial charge is 0.444 e. The zero-order valence-electron chi connectivity index (χ0n) is 13.5. The van der Waals surface area contributed by atoms with Crippen LogP contribution in [0.4, 0.5) is 4.79 Å². The van der Waals surface area contributed by atoms with Gasteiger partial charge in [-0.25, -0.2) is 4.79 Å². The molecule has 0 fully saturated rings. The molecule has 2 aromatic rings. The molecule has 0 N–H and O–H groups in total. The lowest BCUT2D eigenvalue weighted by Gasteiger charge is -2.24. The van der Waals surface area contributed by atoms with Crippen LogP contribution >= 0.6 is 0 Å². The van der Waals surface area contributed by atoms with Crippen LogP contribution in [0.1, 0.15) is 32.0 Å². The Morgan fingerprint density at radius 1 is 1.18 bits per heavy atom. The summed E-state index contributed by atoms with van der Waals surface area (Å²) in [5.74, 6) is 0. The highest BCUT2D eigenvalue weighted by Gasteiger charge is 2.32. The van der Waals surface area contributed by atoms with Gasteiger partial charge in [-0.2, -0.15) is 5.10 Å². The number of benzene rings is 1. The Labute approximate surface area is 130 Å². The van der Waals surface area contributed by atoms with Crippen LogP contribution in [0, 0.1) is 0 Å². The van der Waals surface area contributed by atoms with Crippen molar-refractivity contribution >= 4 is 6.09 Å². The fourth-order valence-corrected chi connectivity index (χ4v) is 2.76. The molecule has 1 aliphatic rings. The van der Waals surface area contributed by atoms with Crippen LogP contribution in [-0.4, -0.2) is 26.4 Å². The number of aryl methyl sites for hydroxylation is 1. The quantitative estimate of drug-likeness (QED) is 0.811. The molecule has 22 heavy (non-hydrogen) atoms. The molecule has 1 amide bonds. The van der Waals surface area contributed by atoms with Crippen LogP contribution in [0.2, 0.25) is 0 Å². The molecule has 1 aromatic heterocycles. The Morgan fingerprint density at radius 3 is 2.50 bits per heavy atom. The Hall–Kier alpha value is -2.30. The summed E-state index contributed by atoms with van der Waals surface area (Å²) in [4.78, 5) is 13.9. The highest BCUT2D eigenvalue weighted by Crippen LogP contribution is 2.32. The van der Waals surface area contributed by atoms with Crippen molar-refractivity contribution in [2.45, 2.75) is 39.5 Å². The first-order valence-corrected chi connectivity index (χ1v) is 7.43. The predicted octanol–water partition coefficient (Wildman–Crippen LogP) is 3.34. The van der Waals surface area contributed by atoms with Crippen LogP contribution < -0.4 is 0 Å². The SMILES string of the molecule is Cn1nc2c(c1-c1ccccc1)CN(C(=O)OC(C)(C)C)C2. The summed E-state index contributed by atoms with van der Waals surface area (Å²) >= 11 is 0. The standard InChI is InChI=1S/C17H21N3O2/c1-17(2,3)22-16(21)20-10-13-14(11-20)18-19(4)15(13)12-8-6-5-7-9-12/h5-9H,10-11H2,1-4H3. The minimum Gasteiger partial charge on any atom is -0.444 e. The number of hydrogen-bond acceptors (Lipinski definition) is 3. The van der Waals surface area contributed by atoms with Crippen LogP contribution in [-0.2, 0) is 24.9 Å². The van der Waals surface area contributed by atoms with Gasteiger partial charge < -0.3 is 4.74 Å². The lowest BCUT2D eigenvalue weighted by atomic mass is 10.1. The highest BCUT2D eigenvalue weighted by atomic mass is 16.6. The molecule has 1 aromatic carbocycles. The third kappa shape index (κ3) is 2.71. The van der Waals surface area contributed by atoms with Gasteiger partial charge in [0.25, 0.3) is 0 Å². The zero-order valence-corrected chi connectivity index (χ0v) is 13.5. The van der Waals surface area contributed by atoms with E-state index < -0.39 is 5.60 Å².